The van der Waals surface area contributed by atoms with Crippen molar-refractivity contribution in [3.63, 3.8) is 0 Å². The summed E-state index contributed by atoms with van der Waals surface area (Å²) in [5.41, 5.74) is 2.51. The van der Waals surface area contributed by atoms with Crippen LogP contribution in [0.3, 0.4) is 0 Å². The minimum atomic E-state index is -0.712. The van der Waals surface area contributed by atoms with Crippen molar-refractivity contribution in [1.29, 1.82) is 0 Å². The van der Waals surface area contributed by atoms with Crippen LogP contribution in [0.25, 0.3) is 22.3 Å². The largest absolute Gasteiger partial charge is 0.443 e. The first-order chi connectivity index (χ1) is 17.8. The van der Waals surface area contributed by atoms with Crippen LogP contribution in [0.1, 0.15) is 84.9 Å². The average Bonchev–Trinajstić information content (AvgIpc) is 3.42. The first kappa shape index (κ1) is 26.2. The van der Waals surface area contributed by atoms with Gasteiger partial charge in [-0.2, -0.15) is 10.2 Å². The van der Waals surface area contributed by atoms with E-state index in [1.165, 1.54) is 0 Å². The number of nitrogens with zero attached hydrogens (tertiary/aromatic N) is 6. The highest BCUT2D eigenvalue weighted by atomic mass is 16.6. The van der Waals surface area contributed by atoms with Gasteiger partial charge in [0.25, 0.3) is 0 Å². The summed E-state index contributed by atoms with van der Waals surface area (Å²) in [4.78, 5) is 31.7. The van der Waals surface area contributed by atoms with E-state index in [1.807, 2.05) is 19.3 Å². The monoisotopic (exact) mass is 522 g/mol. The predicted octanol–water partition coefficient (Wildman–Crippen LogP) is 5.83. The van der Waals surface area contributed by atoms with Gasteiger partial charge in [-0.25, -0.2) is 19.5 Å². The fourth-order valence-corrected chi connectivity index (χ4v) is 4.80. The number of pyridine rings is 1. The molecule has 3 heterocycles. The maximum atomic E-state index is 12.9. The molecule has 2 amide bonds. The first-order valence-electron chi connectivity index (χ1n) is 13.4. The molecule has 5 rings (SSSR count). The molecule has 10 nitrogen and oxygen atoms in total. The number of aromatic nitrogens is 5. The maximum absolute atomic E-state index is 12.9. The molecule has 38 heavy (non-hydrogen) atoms. The number of aryl methyl sites for hydroxylation is 1. The summed E-state index contributed by atoms with van der Waals surface area (Å²) in [6.45, 7) is 11.0. The second-order valence-electron chi connectivity index (χ2n) is 12.6. The van der Waals surface area contributed by atoms with Crippen molar-refractivity contribution < 1.29 is 19.1 Å². The lowest BCUT2D eigenvalue weighted by atomic mass is 9.80. The van der Waals surface area contributed by atoms with Crippen molar-refractivity contribution in [1.82, 2.24) is 29.4 Å². The minimum absolute atomic E-state index is 0.140. The van der Waals surface area contributed by atoms with E-state index in [1.54, 1.807) is 46.2 Å². The number of ether oxygens (including phenoxy) is 2. The predicted molar refractivity (Wildman–Crippen MR) is 143 cm³/mol. The third kappa shape index (κ3) is 5.68. The summed E-state index contributed by atoms with van der Waals surface area (Å²) in [7, 11) is 1.90. The number of carbonyl (C=O) groups excluding carboxylic acids is 2. The van der Waals surface area contributed by atoms with Crippen molar-refractivity contribution in [3.8, 4) is 11.3 Å². The number of carbonyl (C=O) groups is 2. The highest BCUT2D eigenvalue weighted by Crippen LogP contribution is 2.46. The number of fused-ring (bicyclic) bond motifs is 1. The van der Waals surface area contributed by atoms with Gasteiger partial charge in [0.2, 0.25) is 0 Å². The van der Waals surface area contributed by atoms with Gasteiger partial charge >= 0.3 is 12.2 Å². The molecule has 2 fully saturated rings. The Bertz CT molecular complexity index is 1320. The van der Waals surface area contributed by atoms with Crippen LogP contribution < -0.4 is 0 Å². The topological polar surface area (TPSA) is 104 Å². The molecule has 0 aliphatic heterocycles. The van der Waals surface area contributed by atoms with Gasteiger partial charge in [0.1, 0.15) is 11.2 Å². The van der Waals surface area contributed by atoms with E-state index in [0.717, 1.165) is 58.6 Å². The lowest BCUT2D eigenvalue weighted by molar-refractivity contribution is -0.00641. The third-order valence-corrected chi connectivity index (χ3v) is 6.84. The normalized spacial score (nSPS) is 19.8. The molecule has 0 bridgehead atoms. The Labute approximate surface area is 223 Å². The highest BCUT2D eigenvalue weighted by Gasteiger charge is 2.39. The Morgan fingerprint density at radius 1 is 1.03 bits per heavy atom. The Hall–Kier alpha value is -3.43. The fraction of sp³-hybridized carbons (Fsp3) is 0.607. The van der Waals surface area contributed by atoms with Gasteiger partial charge < -0.3 is 9.47 Å². The van der Waals surface area contributed by atoms with Crippen LogP contribution >= 0.6 is 0 Å². The Morgan fingerprint density at radius 3 is 2.24 bits per heavy atom. The van der Waals surface area contributed by atoms with Crippen molar-refractivity contribution in [2.75, 3.05) is 6.54 Å². The van der Waals surface area contributed by atoms with E-state index in [0.29, 0.717) is 5.92 Å². The lowest BCUT2D eigenvalue weighted by Crippen LogP contribution is -2.47. The fourth-order valence-electron chi connectivity index (χ4n) is 4.80. The SMILES string of the molecule is Cn1ncc2ccc(-c3cn([C@H]4C[C@H](CN(C(=O)OC(C)(C)C)C(=O)OC(C)(C)C)C4)nc3C3CC3)nc21. The molecule has 204 valence electrons. The molecule has 0 saturated heterocycles. The van der Waals surface area contributed by atoms with E-state index in [9.17, 15) is 9.59 Å². The van der Waals surface area contributed by atoms with E-state index in [2.05, 4.69) is 22.0 Å². The number of hydrogen-bond acceptors (Lipinski definition) is 7. The zero-order valence-electron chi connectivity index (χ0n) is 23.4. The number of imide groups is 1. The van der Waals surface area contributed by atoms with Gasteiger partial charge in [0.05, 0.1) is 23.6 Å². The zero-order chi connectivity index (χ0) is 27.4. The number of amides is 2. The molecule has 0 unspecified atom stereocenters. The summed E-state index contributed by atoms with van der Waals surface area (Å²) in [6, 6.07) is 4.30. The van der Waals surface area contributed by atoms with Crippen molar-refractivity contribution in [2.45, 2.75) is 90.4 Å². The van der Waals surface area contributed by atoms with Gasteiger partial charge in [-0.15, -0.1) is 0 Å². The van der Waals surface area contributed by atoms with Gasteiger partial charge in [-0.1, -0.05) is 0 Å². The van der Waals surface area contributed by atoms with Gasteiger partial charge in [-0.05, 0) is 85.3 Å². The molecule has 2 aliphatic rings. The van der Waals surface area contributed by atoms with Crippen LogP contribution in [0.4, 0.5) is 9.59 Å². The number of hydrogen-bond donors (Lipinski definition) is 0. The van der Waals surface area contributed by atoms with Crippen molar-refractivity contribution >= 4 is 23.2 Å². The molecule has 0 atom stereocenters. The molecule has 0 N–H and O–H groups in total. The number of rotatable bonds is 5. The molecule has 10 heteroatoms. The second-order valence-corrected chi connectivity index (χ2v) is 12.6. The molecule has 0 aromatic carbocycles. The van der Waals surface area contributed by atoms with Crippen LogP contribution in [-0.2, 0) is 16.5 Å². The Morgan fingerprint density at radius 2 is 1.66 bits per heavy atom. The minimum Gasteiger partial charge on any atom is -0.443 e. The molecule has 3 aromatic heterocycles. The zero-order valence-corrected chi connectivity index (χ0v) is 23.4. The molecule has 2 aliphatic carbocycles. The molecular formula is C28H38N6O4. The van der Waals surface area contributed by atoms with E-state index < -0.39 is 23.4 Å². The molecule has 3 aromatic rings. The van der Waals surface area contributed by atoms with Crippen molar-refractivity contribution in [3.05, 3.63) is 30.2 Å². The van der Waals surface area contributed by atoms with Crippen LogP contribution in [-0.4, -0.2) is 59.4 Å². The summed E-state index contributed by atoms with van der Waals surface area (Å²) >= 11 is 0. The van der Waals surface area contributed by atoms with Crippen molar-refractivity contribution in [2.24, 2.45) is 13.0 Å². The summed E-state index contributed by atoms with van der Waals surface area (Å²) in [5.74, 6) is 0.613. The Balaban J connectivity index is 1.31. The quantitative estimate of drug-likeness (QED) is 0.415. The third-order valence-electron chi connectivity index (χ3n) is 6.84. The summed E-state index contributed by atoms with van der Waals surface area (Å²) < 4.78 is 14.9. The second kappa shape index (κ2) is 9.39. The molecule has 0 radical (unpaired) electrons. The smallest absolute Gasteiger partial charge is 0.419 e. The lowest BCUT2D eigenvalue weighted by Gasteiger charge is -2.38. The van der Waals surface area contributed by atoms with Crippen LogP contribution in [0.2, 0.25) is 0 Å². The van der Waals surface area contributed by atoms with Crippen LogP contribution in [0.5, 0.6) is 0 Å². The first-order valence-corrected chi connectivity index (χ1v) is 13.4. The van der Waals surface area contributed by atoms with E-state index >= 15 is 0 Å². The maximum Gasteiger partial charge on any atom is 0.419 e. The van der Waals surface area contributed by atoms with Crippen LogP contribution in [0.15, 0.2) is 24.5 Å². The van der Waals surface area contributed by atoms with Gasteiger partial charge in [0.15, 0.2) is 5.65 Å². The molecule has 0 spiro atoms. The molecular weight excluding hydrogens is 484 g/mol. The highest BCUT2D eigenvalue weighted by molar-refractivity contribution is 5.88. The van der Waals surface area contributed by atoms with E-state index in [-0.39, 0.29) is 18.5 Å². The summed E-state index contributed by atoms with van der Waals surface area (Å²) in [5, 5.41) is 10.3. The van der Waals surface area contributed by atoms with Gasteiger partial charge in [0, 0.05) is 36.7 Å². The average molecular weight is 523 g/mol. The van der Waals surface area contributed by atoms with E-state index in [4.69, 9.17) is 19.6 Å². The standard InChI is InChI=1S/C28H38N6O4/c1-27(2,3)37-25(35)33(26(36)38-28(4,5)6)15-17-12-20(13-17)34-16-21(23(31-34)18-8-9-18)22-11-10-19-14-29-32(7)24(19)30-22/h10-11,14,16-18,20H,8-9,12-13,15H2,1-7H3/t17-,20-. The van der Waals surface area contributed by atoms with Crippen LogP contribution in [0, 0.1) is 5.92 Å². The summed E-state index contributed by atoms with van der Waals surface area (Å²) in [6.07, 6.45) is 6.48. The van der Waals surface area contributed by atoms with Gasteiger partial charge in [-0.3, -0.25) is 9.36 Å². The molecule has 2 saturated carbocycles. The Kier molecular flexibility index (Phi) is 6.47.